The number of rotatable bonds is 2. The van der Waals surface area contributed by atoms with Gasteiger partial charge in [0.1, 0.15) is 0 Å². The van der Waals surface area contributed by atoms with Gasteiger partial charge in [-0.15, -0.1) is 0 Å². The van der Waals surface area contributed by atoms with Crippen molar-refractivity contribution in [3.05, 3.63) is 0 Å². The van der Waals surface area contributed by atoms with Crippen molar-refractivity contribution >= 4 is 0 Å². The summed E-state index contributed by atoms with van der Waals surface area (Å²) >= 11 is 0. The van der Waals surface area contributed by atoms with E-state index in [-0.39, 0.29) is 0 Å². The van der Waals surface area contributed by atoms with Crippen LogP contribution in [0.1, 0.15) is 71.6 Å². The van der Waals surface area contributed by atoms with Gasteiger partial charge in [-0.2, -0.15) is 0 Å². The number of hydrogen-bond acceptors (Lipinski definition) is 0. The van der Waals surface area contributed by atoms with Gasteiger partial charge >= 0.3 is 0 Å². The smallest absolute Gasteiger partial charge is 0.0272 e. The van der Waals surface area contributed by atoms with Gasteiger partial charge in [-0.05, 0) is 30.1 Å². The molecule has 0 aromatic heterocycles. The van der Waals surface area contributed by atoms with E-state index in [9.17, 15) is 0 Å². The maximum atomic E-state index is 2.43. The summed E-state index contributed by atoms with van der Waals surface area (Å²) in [7, 11) is 0. The van der Waals surface area contributed by atoms with Gasteiger partial charge in [0.2, 0.25) is 0 Å². The fourth-order valence-corrected chi connectivity index (χ4v) is 4.39. The molecule has 0 aromatic rings. The van der Waals surface area contributed by atoms with Crippen molar-refractivity contribution in [3.8, 4) is 0 Å². The van der Waals surface area contributed by atoms with Crippen LogP contribution in [0, 0.1) is 17.3 Å². The first-order valence-electron chi connectivity index (χ1n) is 6.82. The molecule has 0 heterocycles. The largest absolute Gasteiger partial charge is 0.0648 e. The molecule has 0 nitrogen and oxygen atoms in total. The predicted molar refractivity (Wildman–Crippen MR) is 62.3 cm³/mol. The van der Waals surface area contributed by atoms with E-state index < -0.39 is 0 Å². The molecule has 0 amide bonds. The van der Waals surface area contributed by atoms with E-state index in [1.54, 1.807) is 19.3 Å². The highest BCUT2D eigenvalue weighted by molar-refractivity contribution is 4.93. The third-order valence-corrected chi connectivity index (χ3v) is 5.35. The molecule has 82 valence electrons. The van der Waals surface area contributed by atoms with Crippen LogP contribution in [0.25, 0.3) is 0 Å². The first kappa shape index (κ1) is 10.5. The predicted octanol–water partition coefficient (Wildman–Crippen LogP) is 4.78. The van der Waals surface area contributed by atoms with Gasteiger partial charge in [0, 0.05) is 0 Å². The van der Waals surface area contributed by atoms with E-state index >= 15 is 0 Å². The Balaban J connectivity index is 2.14. The molecule has 0 radical (unpaired) electrons. The van der Waals surface area contributed by atoms with Crippen LogP contribution in [0.5, 0.6) is 0 Å². The lowest BCUT2D eigenvalue weighted by atomic mass is 9.55. The summed E-state index contributed by atoms with van der Waals surface area (Å²) in [5.41, 5.74) is 0.753. The maximum Gasteiger partial charge on any atom is -0.0272 e. The van der Waals surface area contributed by atoms with Crippen LogP contribution >= 0.6 is 0 Å². The van der Waals surface area contributed by atoms with Crippen LogP contribution in [0.2, 0.25) is 0 Å². The van der Waals surface area contributed by atoms with Crippen molar-refractivity contribution in [1.29, 1.82) is 0 Å². The van der Waals surface area contributed by atoms with Crippen molar-refractivity contribution in [2.45, 2.75) is 71.6 Å². The normalized spacial score (nSPS) is 36.4. The summed E-state index contributed by atoms with van der Waals surface area (Å²) in [6.07, 6.45) is 13.6. The molecule has 0 aliphatic heterocycles. The standard InChI is InChI=1S/C14H26/c1-3-14(4-2)11-7-9-12-8-5-6-10-13(12)14/h12-13H,3-11H2,1-2H3. The SMILES string of the molecule is CCC1(CC)CCCC2CCCCC21. The third-order valence-electron chi connectivity index (χ3n) is 5.35. The molecular formula is C14H26. The van der Waals surface area contributed by atoms with Crippen LogP contribution in [0.15, 0.2) is 0 Å². The van der Waals surface area contributed by atoms with Gasteiger partial charge in [-0.3, -0.25) is 0 Å². The Morgan fingerprint density at radius 3 is 2.29 bits per heavy atom. The lowest BCUT2D eigenvalue weighted by Gasteiger charge is -2.50. The Bertz CT molecular complexity index is 176. The molecule has 0 spiro atoms. The zero-order valence-corrected chi connectivity index (χ0v) is 10.0. The Morgan fingerprint density at radius 1 is 0.929 bits per heavy atom. The molecule has 0 bridgehead atoms. The first-order valence-corrected chi connectivity index (χ1v) is 6.82. The molecular weight excluding hydrogens is 168 g/mol. The van der Waals surface area contributed by atoms with Gasteiger partial charge in [-0.1, -0.05) is 58.8 Å². The summed E-state index contributed by atoms with van der Waals surface area (Å²) in [4.78, 5) is 0. The summed E-state index contributed by atoms with van der Waals surface area (Å²) in [5.74, 6) is 2.21. The van der Waals surface area contributed by atoms with Crippen LogP contribution in [-0.4, -0.2) is 0 Å². The van der Waals surface area contributed by atoms with Crippen LogP contribution in [0.3, 0.4) is 0 Å². The molecule has 2 aliphatic carbocycles. The zero-order valence-electron chi connectivity index (χ0n) is 10.0. The maximum absolute atomic E-state index is 2.43. The molecule has 2 unspecified atom stereocenters. The molecule has 2 aliphatic rings. The number of fused-ring (bicyclic) bond motifs is 1. The minimum Gasteiger partial charge on any atom is -0.0648 e. The monoisotopic (exact) mass is 194 g/mol. The quantitative estimate of drug-likeness (QED) is 0.593. The van der Waals surface area contributed by atoms with E-state index in [4.69, 9.17) is 0 Å². The molecule has 14 heavy (non-hydrogen) atoms. The average Bonchev–Trinajstić information content (AvgIpc) is 2.28. The number of hydrogen-bond donors (Lipinski definition) is 0. The lowest BCUT2D eigenvalue weighted by molar-refractivity contribution is 0.00461. The van der Waals surface area contributed by atoms with E-state index in [1.807, 2.05) is 0 Å². The van der Waals surface area contributed by atoms with Gasteiger partial charge < -0.3 is 0 Å². The van der Waals surface area contributed by atoms with Crippen molar-refractivity contribution in [1.82, 2.24) is 0 Å². The van der Waals surface area contributed by atoms with Crippen molar-refractivity contribution in [2.75, 3.05) is 0 Å². The van der Waals surface area contributed by atoms with E-state index in [1.165, 1.54) is 38.5 Å². The minimum atomic E-state index is 0.753. The highest BCUT2D eigenvalue weighted by atomic mass is 14.5. The molecule has 0 aromatic carbocycles. The van der Waals surface area contributed by atoms with Crippen LogP contribution in [0.4, 0.5) is 0 Å². The van der Waals surface area contributed by atoms with E-state index in [2.05, 4.69) is 13.8 Å². The summed E-state index contributed by atoms with van der Waals surface area (Å²) in [6, 6.07) is 0. The van der Waals surface area contributed by atoms with Gasteiger partial charge in [0.05, 0.1) is 0 Å². The Morgan fingerprint density at radius 2 is 1.57 bits per heavy atom. The van der Waals surface area contributed by atoms with Crippen LogP contribution < -0.4 is 0 Å². The minimum absolute atomic E-state index is 0.753. The summed E-state index contributed by atoms with van der Waals surface area (Å²) in [6.45, 7) is 4.86. The van der Waals surface area contributed by atoms with Gasteiger partial charge in [0.25, 0.3) is 0 Å². The third kappa shape index (κ3) is 1.61. The second-order valence-electron chi connectivity index (χ2n) is 5.61. The Hall–Kier alpha value is 0. The van der Waals surface area contributed by atoms with Crippen LogP contribution in [-0.2, 0) is 0 Å². The first-order chi connectivity index (χ1) is 6.82. The molecule has 0 saturated heterocycles. The second kappa shape index (κ2) is 4.24. The highest BCUT2D eigenvalue weighted by Crippen LogP contribution is 2.54. The molecule has 2 saturated carbocycles. The van der Waals surface area contributed by atoms with Gasteiger partial charge in [-0.25, -0.2) is 0 Å². The Labute approximate surface area is 89.5 Å². The fourth-order valence-electron chi connectivity index (χ4n) is 4.39. The Kier molecular flexibility index (Phi) is 3.19. The second-order valence-corrected chi connectivity index (χ2v) is 5.61. The highest BCUT2D eigenvalue weighted by Gasteiger charge is 2.43. The average molecular weight is 194 g/mol. The van der Waals surface area contributed by atoms with Crippen molar-refractivity contribution in [2.24, 2.45) is 17.3 Å². The molecule has 0 heteroatoms. The molecule has 2 rings (SSSR count). The molecule has 2 atom stereocenters. The molecule has 0 N–H and O–H groups in total. The van der Waals surface area contributed by atoms with Crippen molar-refractivity contribution in [3.63, 3.8) is 0 Å². The van der Waals surface area contributed by atoms with Crippen molar-refractivity contribution < 1.29 is 0 Å². The van der Waals surface area contributed by atoms with Gasteiger partial charge in [0.15, 0.2) is 0 Å². The van der Waals surface area contributed by atoms with E-state index in [0.717, 1.165) is 17.3 Å². The topological polar surface area (TPSA) is 0 Å². The lowest BCUT2D eigenvalue weighted by Crippen LogP contribution is -2.40. The zero-order chi connectivity index (χ0) is 10.0. The molecule has 2 fully saturated rings. The fraction of sp³-hybridized carbons (Fsp3) is 1.00. The van der Waals surface area contributed by atoms with E-state index in [0.29, 0.717) is 0 Å². The summed E-state index contributed by atoms with van der Waals surface area (Å²) in [5, 5.41) is 0. The summed E-state index contributed by atoms with van der Waals surface area (Å²) < 4.78 is 0.